The molecule has 1 nitrogen and oxygen atoms in total. The van der Waals surface area contributed by atoms with Gasteiger partial charge in [0.25, 0.3) is 0 Å². The van der Waals surface area contributed by atoms with Gasteiger partial charge < -0.3 is 5.11 Å². The maximum atomic E-state index is 10.6. The van der Waals surface area contributed by atoms with Gasteiger partial charge >= 0.3 is 0 Å². The van der Waals surface area contributed by atoms with Crippen LogP contribution in [0.2, 0.25) is 0 Å². The van der Waals surface area contributed by atoms with Crippen molar-refractivity contribution in [1.82, 2.24) is 0 Å². The molecule has 0 atom stereocenters. The number of aromatic hydroxyl groups is 1. The van der Waals surface area contributed by atoms with Gasteiger partial charge in [0.15, 0.2) is 0 Å². The largest absolute Gasteiger partial charge is 0.507 e. The summed E-state index contributed by atoms with van der Waals surface area (Å²) in [5.74, 6) is 0.421. The van der Waals surface area contributed by atoms with Crippen molar-refractivity contribution in [2.24, 2.45) is 0 Å². The van der Waals surface area contributed by atoms with Crippen molar-refractivity contribution in [3.05, 3.63) is 77.9 Å². The molecule has 0 saturated carbocycles. The number of hydrogen-bond acceptors (Lipinski definition) is 1. The highest BCUT2D eigenvalue weighted by atomic mass is 16.3. The van der Waals surface area contributed by atoms with E-state index < -0.39 is 0 Å². The molecule has 0 bridgehead atoms. The van der Waals surface area contributed by atoms with Crippen LogP contribution in [-0.4, -0.2) is 5.11 Å². The Morgan fingerprint density at radius 2 is 1.35 bits per heavy atom. The van der Waals surface area contributed by atoms with Crippen molar-refractivity contribution in [2.45, 2.75) is 6.42 Å². The maximum absolute atomic E-state index is 10.6. The molecule has 1 aliphatic carbocycles. The first-order chi connectivity index (χ1) is 9.84. The lowest BCUT2D eigenvalue weighted by molar-refractivity contribution is 0.472. The van der Waals surface area contributed by atoms with Crippen LogP contribution in [0.1, 0.15) is 11.1 Å². The van der Waals surface area contributed by atoms with Gasteiger partial charge in [-0.05, 0) is 22.3 Å². The maximum Gasteiger partial charge on any atom is 0.127 e. The van der Waals surface area contributed by atoms with E-state index in [2.05, 4.69) is 30.3 Å². The van der Waals surface area contributed by atoms with E-state index in [4.69, 9.17) is 0 Å². The number of benzene rings is 3. The first-order valence-electron chi connectivity index (χ1n) is 6.83. The van der Waals surface area contributed by atoms with Crippen LogP contribution in [0.4, 0.5) is 0 Å². The fourth-order valence-corrected chi connectivity index (χ4v) is 3.05. The number of rotatable bonds is 1. The molecular weight excluding hydrogens is 244 g/mol. The summed E-state index contributed by atoms with van der Waals surface area (Å²) in [5, 5.41) is 10.6. The molecule has 0 fully saturated rings. The van der Waals surface area contributed by atoms with Gasteiger partial charge in [-0.3, -0.25) is 0 Å². The highest BCUT2D eigenvalue weighted by molar-refractivity contribution is 5.84. The molecule has 3 aromatic carbocycles. The number of phenols is 1. The molecule has 0 saturated heterocycles. The molecule has 0 amide bonds. The Balaban J connectivity index is 1.91. The van der Waals surface area contributed by atoms with Gasteiger partial charge in [-0.1, -0.05) is 66.7 Å². The van der Waals surface area contributed by atoms with E-state index in [0.29, 0.717) is 5.75 Å². The first-order valence-corrected chi connectivity index (χ1v) is 6.83. The van der Waals surface area contributed by atoms with Crippen LogP contribution in [0.3, 0.4) is 0 Å². The van der Waals surface area contributed by atoms with Gasteiger partial charge in [-0.15, -0.1) is 0 Å². The predicted molar refractivity (Wildman–Crippen MR) is 81.8 cm³/mol. The van der Waals surface area contributed by atoms with Crippen molar-refractivity contribution >= 4 is 0 Å². The van der Waals surface area contributed by atoms with Crippen LogP contribution in [0.5, 0.6) is 5.75 Å². The molecule has 4 rings (SSSR count). The minimum Gasteiger partial charge on any atom is -0.507 e. The van der Waals surface area contributed by atoms with E-state index in [9.17, 15) is 5.11 Å². The Morgan fingerprint density at radius 1 is 0.650 bits per heavy atom. The Hall–Kier alpha value is -2.54. The Morgan fingerprint density at radius 3 is 2.20 bits per heavy atom. The zero-order valence-corrected chi connectivity index (χ0v) is 11.0. The molecule has 1 aliphatic rings. The normalized spacial score (nSPS) is 12.0. The molecule has 0 radical (unpaired) electrons. The van der Waals surface area contributed by atoms with Crippen LogP contribution in [0.15, 0.2) is 66.7 Å². The Bertz CT molecular complexity index is 788. The number of hydrogen-bond donors (Lipinski definition) is 1. The zero-order chi connectivity index (χ0) is 13.5. The van der Waals surface area contributed by atoms with E-state index >= 15 is 0 Å². The highest BCUT2D eigenvalue weighted by Crippen LogP contribution is 2.44. The zero-order valence-electron chi connectivity index (χ0n) is 11.0. The van der Waals surface area contributed by atoms with Crippen molar-refractivity contribution < 1.29 is 5.11 Å². The lowest BCUT2D eigenvalue weighted by Gasteiger charge is -2.09. The van der Waals surface area contributed by atoms with E-state index in [-0.39, 0.29) is 0 Å². The van der Waals surface area contributed by atoms with Crippen molar-refractivity contribution in [1.29, 1.82) is 0 Å². The Kier molecular flexibility index (Phi) is 2.40. The minimum absolute atomic E-state index is 0.421. The lowest BCUT2D eigenvalue weighted by Crippen LogP contribution is -1.86. The van der Waals surface area contributed by atoms with Crippen molar-refractivity contribution in [3.63, 3.8) is 0 Å². The van der Waals surface area contributed by atoms with Crippen molar-refractivity contribution in [3.8, 4) is 28.0 Å². The average Bonchev–Trinajstić information content (AvgIpc) is 2.88. The van der Waals surface area contributed by atoms with Gasteiger partial charge in [0.05, 0.1) is 0 Å². The third-order valence-corrected chi connectivity index (χ3v) is 4.04. The van der Waals surface area contributed by atoms with Gasteiger partial charge in [0.1, 0.15) is 5.75 Å². The summed E-state index contributed by atoms with van der Waals surface area (Å²) in [6.07, 6.45) is 0.817. The molecule has 0 aromatic heterocycles. The molecule has 96 valence electrons. The summed E-state index contributed by atoms with van der Waals surface area (Å²) in [6.45, 7) is 0. The molecular formula is C19H14O. The number of fused-ring (bicyclic) bond motifs is 3. The second kappa shape index (κ2) is 4.24. The lowest BCUT2D eigenvalue weighted by atomic mass is 9.97. The molecule has 20 heavy (non-hydrogen) atoms. The third-order valence-electron chi connectivity index (χ3n) is 4.04. The monoisotopic (exact) mass is 258 g/mol. The first kappa shape index (κ1) is 11.3. The molecule has 3 aromatic rings. The van der Waals surface area contributed by atoms with Gasteiger partial charge in [-0.2, -0.15) is 0 Å². The van der Waals surface area contributed by atoms with Crippen LogP contribution in [0.25, 0.3) is 22.3 Å². The molecule has 0 unspecified atom stereocenters. The van der Waals surface area contributed by atoms with Crippen LogP contribution >= 0.6 is 0 Å². The molecule has 1 N–H and O–H groups in total. The topological polar surface area (TPSA) is 20.2 Å². The fraction of sp³-hybridized carbons (Fsp3) is 0.0526. The Labute approximate surface area is 118 Å². The summed E-state index contributed by atoms with van der Waals surface area (Å²) in [4.78, 5) is 0. The van der Waals surface area contributed by atoms with Crippen molar-refractivity contribution in [2.75, 3.05) is 0 Å². The standard InChI is InChI=1S/C19H14O/c20-19-16(13-6-2-1-3-7-13)10-11-17-15-9-5-4-8-14(15)12-18(17)19/h1-11,20H,12H2. The van der Waals surface area contributed by atoms with Gasteiger partial charge in [0.2, 0.25) is 0 Å². The van der Waals surface area contributed by atoms with E-state index in [1.807, 2.05) is 36.4 Å². The van der Waals surface area contributed by atoms with Gasteiger partial charge in [0, 0.05) is 17.5 Å². The summed E-state index contributed by atoms with van der Waals surface area (Å²) < 4.78 is 0. The molecule has 0 aliphatic heterocycles. The molecule has 0 spiro atoms. The molecule has 0 heterocycles. The average molecular weight is 258 g/mol. The summed E-state index contributed by atoms with van der Waals surface area (Å²) in [5.41, 5.74) is 6.73. The third kappa shape index (κ3) is 1.56. The summed E-state index contributed by atoms with van der Waals surface area (Å²) >= 11 is 0. The summed E-state index contributed by atoms with van der Waals surface area (Å²) in [7, 11) is 0. The van der Waals surface area contributed by atoms with Crippen LogP contribution < -0.4 is 0 Å². The minimum atomic E-state index is 0.421. The molecule has 1 heteroatoms. The quantitative estimate of drug-likeness (QED) is 0.527. The highest BCUT2D eigenvalue weighted by Gasteiger charge is 2.22. The second-order valence-corrected chi connectivity index (χ2v) is 5.19. The van der Waals surface area contributed by atoms with Gasteiger partial charge in [-0.25, -0.2) is 0 Å². The smallest absolute Gasteiger partial charge is 0.127 e. The predicted octanol–water partition coefficient (Wildman–Crippen LogP) is 4.63. The van der Waals surface area contributed by atoms with Crippen LogP contribution in [0, 0.1) is 0 Å². The van der Waals surface area contributed by atoms with E-state index in [0.717, 1.165) is 28.7 Å². The fourth-order valence-electron chi connectivity index (χ4n) is 3.05. The SMILES string of the molecule is Oc1c(-c2ccccc2)ccc2c1Cc1ccccc1-2. The summed E-state index contributed by atoms with van der Waals surface area (Å²) in [6, 6.07) is 22.6. The van der Waals surface area contributed by atoms with E-state index in [1.165, 1.54) is 11.1 Å². The van der Waals surface area contributed by atoms with E-state index in [1.54, 1.807) is 0 Å². The second-order valence-electron chi connectivity index (χ2n) is 5.19. The van der Waals surface area contributed by atoms with Crippen LogP contribution in [-0.2, 0) is 6.42 Å². The number of phenolic OH excluding ortho intramolecular Hbond substituents is 1.